The van der Waals surface area contributed by atoms with Crippen LogP contribution in [0.1, 0.15) is 45.1 Å². The molecule has 0 aliphatic heterocycles. The molecule has 0 radical (unpaired) electrons. The summed E-state index contributed by atoms with van der Waals surface area (Å²) in [5.74, 6) is -0.178. The molecule has 1 aromatic rings. The van der Waals surface area contributed by atoms with E-state index in [0.717, 1.165) is 25.7 Å². The highest BCUT2D eigenvalue weighted by Crippen LogP contribution is 2.38. The molecule has 0 heterocycles. The number of ketones is 1. The molecule has 1 fully saturated rings. The standard InChI is InChI=1S/C16H20ClFO/c1-16(2)8-6-11(7-9-16)15(19)10-12-13(17)4-3-5-14(12)18/h3-5,11H,6-10H2,1-2H3. The fourth-order valence-electron chi connectivity index (χ4n) is 2.74. The van der Waals surface area contributed by atoms with Crippen LogP contribution in [0.2, 0.25) is 5.02 Å². The first-order valence-electron chi connectivity index (χ1n) is 6.85. The predicted octanol–water partition coefficient (Wildman–Crippen LogP) is 4.81. The SMILES string of the molecule is CC1(C)CCC(C(=O)Cc2c(F)cccc2Cl)CC1. The number of carbonyl (C=O) groups is 1. The fourth-order valence-corrected chi connectivity index (χ4v) is 2.97. The first-order valence-corrected chi connectivity index (χ1v) is 7.22. The molecule has 0 atom stereocenters. The van der Waals surface area contributed by atoms with Gasteiger partial charge in [-0.05, 0) is 43.2 Å². The number of hydrogen-bond acceptors (Lipinski definition) is 1. The molecule has 1 aliphatic rings. The molecule has 1 aliphatic carbocycles. The van der Waals surface area contributed by atoms with Crippen molar-refractivity contribution in [2.45, 2.75) is 46.0 Å². The van der Waals surface area contributed by atoms with Gasteiger partial charge in [-0.3, -0.25) is 4.79 Å². The molecule has 19 heavy (non-hydrogen) atoms. The summed E-state index contributed by atoms with van der Waals surface area (Å²) in [6.45, 7) is 4.48. The van der Waals surface area contributed by atoms with Gasteiger partial charge in [-0.1, -0.05) is 31.5 Å². The monoisotopic (exact) mass is 282 g/mol. The molecule has 1 aromatic carbocycles. The van der Waals surface area contributed by atoms with Crippen LogP contribution in [0, 0.1) is 17.2 Å². The second-order valence-corrected chi connectivity index (χ2v) is 6.69. The smallest absolute Gasteiger partial charge is 0.140 e. The Labute approximate surface area is 119 Å². The van der Waals surface area contributed by atoms with E-state index in [1.165, 1.54) is 6.07 Å². The van der Waals surface area contributed by atoms with E-state index in [-0.39, 0.29) is 23.9 Å². The van der Waals surface area contributed by atoms with E-state index in [0.29, 0.717) is 16.0 Å². The zero-order valence-electron chi connectivity index (χ0n) is 11.5. The molecule has 0 aromatic heterocycles. The zero-order valence-corrected chi connectivity index (χ0v) is 12.3. The number of halogens is 2. The van der Waals surface area contributed by atoms with Gasteiger partial charge < -0.3 is 0 Å². The lowest BCUT2D eigenvalue weighted by Crippen LogP contribution is -2.27. The van der Waals surface area contributed by atoms with E-state index in [4.69, 9.17) is 11.6 Å². The van der Waals surface area contributed by atoms with Gasteiger partial charge in [0.25, 0.3) is 0 Å². The Hall–Kier alpha value is -0.890. The van der Waals surface area contributed by atoms with Crippen LogP contribution in [0.25, 0.3) is 0 Å². The van der Waals surface area contributed by atoms with Crippen molar-refractivity contribution in [1.29, 1.82) is 0 Å². The summed E-state index contributed by atoms with van der Waals surface area (Å²) in [6, 6.07) is 4.56. The fraction of sp³-hybridized carbons (Fsp3) is 0.562. The molecule has 0 N–H and O–H groups in total. The Bertz CT molecular complexity index is 451. The molecule has 1 nitrogen and oxygen atoms in total. The normalized spacial score (nSPS) is 19.4. The molecule has 0 spiro atoms. The lowest BCUT2D eigenvalue weighted by Gasteiger charge is -2.33. The Kier molecular flexibility index (Phi) is 4.29. The average molecular weight is 283 g/mol. The van der Waals surface area contributed by atoms with E-state index >= 15 is 0 Å². The minimum atomic E-state index is -0.378. The number of Topliss-reactive ketones (excluding diaryl/α,β-unsaturated/α-hetero) is 1. The number of hydrogen-bond donors (Lipinski definition) is 0. The lowest BCUT2D eigenvalue weighted by atomic mass is 9.71. The Balaban J connectivity index is 2.02. The van der Waals surface area contributed by atoms with E-state index in [1.807, 2.05) is 0 Å². The molecular formula is C16H20ClFO. The third kappa shape index (κ3) is 3.56. The van der Waals surface area contributed by atoms with Gasteiger partial charge in [0.05, 0.1) is 0 Å². The number of rotatable bonds is 3. The van der Waals surface area contributed by atoms with Crippen LogP contribution < -0.4 is 0 Å². The summed E-state index contributed by atoms with van der Waals surface area (Å²) in [5.41, 5.74) is 0.686. The second kappa shape index (κ2) is 5.62. The summed E-state index contributed by atoms with van der Waals surface area (Å²) in [6.07, 6.45) is 4.08. The van der Waals surface area contributed by atoms with Gasteiger partial charge in [-0.15, -0.1) is 0 Å². The number of benzene rings is 1. The topological polar surface area (TPSA) is 17.1 Å². The Morgan fingerprint density at radius 3 is 2.58 bits per heavy atom. The van der Waals surface area contributed by atoms with Crippen molar-refractivity contribution in [2.75, 3.05) is 0 Å². The highest BCUT2D eigenvalue weighted by atomic mass is 35.5. The minimum absolute atomic E-state index is 0.0729. The molecule has 0 amide bonds. The summed E-state index contributed by atoms with van der Waals surface area (Å²) in [7, 11) is 0. The summed E-state index contributed by atoms with van der Waals surface area (Å²) >= 11 is 5.97. The third-order valence-corrected chi connectivity index (χ3v) is 4.56. The molecule has 0 unspecified atom stereocenters. The first kappa shape index (κ1) is 14.5. The number of carbonyl (C=O) groups excluding carboxylic acids is 1. The molecule has 0 bridgehead atoms. The van der Waals surface area contributed by atoms with Gasteiger partial charge >= 0.3 is 0 Å². The van der Waals surface area contributed by atoms with Crippen molar-refractivity contribution in [3.63, 3.8) is 0 Å². The van der Waals surface area contributed by atoms with Crippen molar-refractivity contribution >= 4 is 17.4 Å². The third-order valence-electron chi connectivity index (χ3n) is 4.21. The van der Waals surface area contributed by atoms with Gasteiger partial charge in [0.1, 0.15) is 11.6 Å². The summed E-state index contributed by atoms with van der Waals surface area (Å²) in [5, 5.41) is 0.351. The van der Waals surface area contributed by atoms with Gasteiger partial charge in [0, 0.05) is 22.9 Å². The maximum absolute atomic E-state index is 13.7. The quantitative estimate of drug-likeness (QED) is 0.778. The van der Waals surface area contributed by atoms with Crippen LogP contribution in [0.4, 0.5) is 4.39 Å². The largest absolute Gasteiger partial charge is 0.299 e. The molecule has 1 saturated carbocycles. The summed E-state index contributed by atoms with van der Waals surface area (Å²) < 4.78 is 13.7. The minimum Gasteiger partial charge on any atom is -0.299 e. The van der Waals surface area contributed by atoms with Crippen molar-refractivity contribution < 1.29 is 9.18 Å². The first-order chi connectivity index (χ1) is 8.89. The van der Waals surface area contributed by atoms with Crippen molar-refractivity contribution in [1.82, 2.24) is 0 Å². The maximum atomic E-state index is 13.7. The van der Waals surface area contributed by atoms with Crippen molar-refractivity contribution in [3.05, 3.63) is 34.6 Å². The van der Waals surface area contributed by atoms with E-state index < -0.39 is 0 Å². The molecule has 0 saturated heterocycles. The van der Waals surface area contributed by atoms with E-state index in [9.17, 15) is 9.18 Å². The van der Waals surface area contributed by atoms with Crippen molar-refractivity contribution in [3.8, 4) is 0 Å². The van der Waals surface area contributed by atoms with Crippen molar-refractivity contribution in [2.24, 2.45) is 11.3 Å². The molecule has 104 valence electrons. The van der Waals surface area contributed by atoms with Crippen LogP contribution in [-0.4, -0.2) is 5.78 Å². The highest BCUT2D eigenvalue weighted by molar-refractivity contribution is 6.31. The van der Waals surface area contributed by atoms with E-state index in [1.54, 1.807) is 12.1 Å². The predicted molar refractivity (Wildman–Crippen MR) is 75.9 cm³/mol. The van der Waals surface area contributed by atoms with Crippen LogP contribution in [0.15, 0.2) is 18.2 Å². The molecule has 2 rings (SSSR count). The summed E-state index contributed by atoms with van der Waals surface area (Å²) in [4.78, 5) is 12.3. The average Bonchev–Trinajstić information content (AvgIpc) is 2.33. The Morgan fingerprint density at radius 1 is 1.37 bits per heavy atom. The van der Waals surface area contributed by atoms with Gasteiger partial charge in [-0.2, -0.15) is 0 Å². The second-order valence-electron chi connectivity index (χ2n) is 6.28. The van der Waals surface area contributed by atoms with Gasteiger partial charge in [-0.25, -0.2) is 4.39 Å². The Morgan fingerprint density at radius 2 is 2.00 bits per heavy atom. The molecule has 3 heteroatoms. The van der Waals surface area contributed by atoms with Crippen LogP contribution in [0.5, 0.6) is 0 Å². The highest BCUT2D eigenvalue weighted by Gasteiger charge is 2.30. The zero-order chi connectivity index (χ0) is 14.0. The van der Waals surface area contributed by atoms with E-state index in [2.05, 4.69) is 13.8 Å². The maximum Gasteiger partial charge on any atom is 0.140 e. The van der Waals surface area contributed by atoms with Crippen LogP contribution in [-0.2, 0) is 11.2 Å². The lowest BCUT2D eigenvalue weighted by molar-refractivity contribution is -0.123. The molecular weight excluding hydrogens is 263 g/mol. The van der Waals surface area contributed by atoms with Crippen LogP contribution in [0.3, 0.4) is 0 Å². The van der Waals surface area contributed by atoms with Crippen LogP contribution >= 0.6 is 11.6 Å². The van der Waals surface area contributed by atoms with Gasteiger partial charge in [0.15, 0.2) is 0 Å². The van der Waals surface area contributed by atoms with Gasteiger partial charge in [0.2, 0.25) is 0 Å².